The van der Waals surface area contributed by atoms with E-state index in [9.17, 15) is 13.5 Å². The molecule has 0 aliphatic rings. The van der Waals surface area contributed by atoms with E-state index < -0.39 is 15.3 Å². The van der Waals surface area contributed by atoms with Gasteiger partial charge in [-0.3, -0.25) is 4.72 Å². The van der Waals surface area contributed by atoms with E-state index in [1.165, 1.54) is 6.07 Å². The number of phenols is 1. The molecule has 0 saturated heterocycles. The molecule has 0 unspecified atom stereocenters. The first-order chi connectivity index (χ1) is 7.24. The van der Waals surface area contributed by atoms with E-state index in [2.05, 4.69) is 4.72 Å². The van der Waals surface area contributed by atoms with Crippen molar-refractivity contribution in [1.82, 2.24) is 0 Å². The number of sulfonamides is 1. The fourth-order valence-electron chi connectivity index (χ4n) is 1.08. The van der Waals surface area contributed by atoms with Crippen LogP contribution in [0.25, 0.3) is 0 Å². The van der Waals surface area contributed by atoms with Crippen LogP contribution in [0.2, 0.25) is 5.02 Å². The van der Waals surface area contributed by atoms with E-state index in [0.29, 0.717) is 10.6 Å². The van der Waals surface area contributed by atoms with Crippen molar-refractivity contribution in [2.45, 2.75) is 26.0 Å². The van der Waals surface area contributed by atoms with Crippen LogP contribution in [0, 0.1) is 6.92 Å². The molecule has 1 aromatic rings. The van der Waals surface area contributed by atoms with Crippen LogP contribution in [0.3, 0.4) is 0 Å². The summed E-state index contributed by atoms with van der Waals surface area (Å²) >= 11 is 5.78. The van der Waals surface area contributed by atoms with Gasteiger partial charge in [-0.15, -0.1) is 0 Å². The molecule has 0 fully saturated rings. The Labute approximate surface area is 100 Å². The van der Waals surface area contributed by atoms with Gasteiger partial charge in [0.05, 0.1) is 10.9 Å². The van der Waals surface area contributed by atoms with Crippen molar-refractivity contribution in [2.24, 2.45) is 0 Å². The number of phenolic OH excluding ortho intramolecular Hbond substituents is 1. The average Bonchev–Trinajstić information content (AvgIpc) is 2.12. The van der Waals surface area contributed by atoms with Gasteiger partial charge < -0.3 is 5.11 Å². The number of halogens is 1. The molecular weight excluding hydrogens is 250 g/mol. The Morgan fingerprint density at radius 3 is 2.44 bits per heavy atom. The SMILES string of the molecule is Cc1cc(Cl)cc(NS(=O)(=O)C(C)C)c1O. The summed E-state index contributed by atoms with van der Waals surface area (Å²) < 4.78 is 25.5. The monoisotopic (exact) mass is 263 g/mol. The Kier molecular flexibility index (Phi) is 3.70. The lowest BCUT2D eigenvalue weighted by molar-refractivity contribution is 0.473. The molecule has 90 valence electrons. The van der Waals surface area contributed by atoms with E-state index in [0.717, 1.165) is 0 Å². The van der Waals surface area contributed by atoms with Gasteiger partial charge in [0.25, 0.3) is 0 Å². The van der Waals surface area contributed by atoms with E-state index >= 15 is 0 Å². The number of aryl methyl sites for hydroxylation is 1. The molecule has 0 saturated carbocycles. The number of rotatable bonds is 3. The smallest absolute Gasteiger partial charge is 0.235 e. The maximum absolute atomic E-state index is 11.6. The maximum Gasteiger partial charge on any atom is 0.235 e. The molecule has 0 aromatic heterocycles. The summed E-state index contributed by atoms with van der Waals surface area (Å²) in [6.07, 6.45) is 0. The van der Waals surface area contributed by atoms with Crippen molar-refractivity contribution < 1.29 is 13.5 Å². The normalized spacial score (nSPS) is 11.8. The predicted molar refractivity (Wildman–Crippen MR) is 65.5 cm³/mol. The minimum atomic E-state index is -3.48. The van der Waals surface area contributed by atoms with E-state index in [4.69, 9.17) is 11.6 Å². The fourth-order valence-corrected chi connectivity index (χ4v) is 2.06. The molecule has 0 aliphatic heterocycles. The number of aromatic hydroxyl groups is 1. The minimum Gasteiger partial charge on any atom is -0.505 e. The molecule has 16 heavy (non-hydrogen) atoms. The van der Waals surface area contributed by atoms with Crippen molar-refractivity contribution >= 4 is 27.3 Å². The molecule has 1 aromatic carbocycles. The number of nitrogens with one attached hydrogen (secondary N) is 1. The zero-order valence-corrected chi connectivity index (χ0v) is 10.9. The molecular formula is C10H14ClNO3S. The molecule has 4 nitrogen and oxygen atoms in total. The van der Waals surface area contributed by atoms with Gasteiger partial charge >= 0.3 is 0 Å². The van der Waals surface area contributed by atoms with Gasteiger partial charge in [0.2, 0.25) is 10.0 Å². The molecule has 0 aliphatic carbocycles. The van der Waals surface area contributed by atoms with Crippen LogP contribution in [0.15, 0.2) is 12.1 Å². The molecule has 0 bridgehead atoms. The van der Waals surface area contributed by atoms with Crippen molar-refractivity contribution in [3.05, 3.63) is 22.7 Å². The first-order valence-electron chi connectivity index (χ1n) is 4.75. The van der Waals surface area contributed by atoms with Gasteiger partial charge in [-0.05, 0) is 38.5 Å². The van der Waals surface area contributed by atoms with Gasteiger partial charge in [0.15, 0.2) is 0 Å². The van der Waals surface area contributed by atoms with Crippen LogP contribution in [0.4, 0.5) is 5.69 Å². The Hall–Kier alpha value is -0.940. The number of hydrogen-bond donors (Lipinski definition) is 2. The maximum atomic E-state index is 11.6. The van der Waals surface area contributed by atoms with Crippen molar-refractivity contribution in [1.29, 1.82) is 0 Å². The Morgan fingerprint density at radius 2 is 1.94 bits per heavy atom. The standard InChI is InChI=1S/C10H14ClNO3S/c1-6(2)16(14,15)12-9-5-8(11)4-7(3)10(9)13/h4-6,12-13H,1-3H3. The van der Waals surface area contributed by atoms with Gasteiger partial charge in [-0.2, -0.15) is 0 Å². The third kappa shape index (κ3) is 2.80. The van der Waals surface area contributed by atoms with E-state index in [1.54, 1.807) is 26.8 Å². The van der Waals surface area contributed by atoms with Crippen LogP contribution >= 0.6 is 11.6 Å². The quantitative estimate of drug-likeness (QED) is 0.824. The Bertz CT molecular complexity index is 497. The zero-order valence-electron chi connectivity index (χ0n) is 9.28. The van der Waals surface area contributed by atoms with Gasteiger partial charge in [-0.25, -0.2) is 8.42 Å². The van der Waals surface area contributed by atoms with Crippen LogP contribution in [0.1, 0.15) is 19.4 Å². The highest BCUT2D eigenvalue weighted by Gasteiger charge is 2.18. The van der Waals surface area contributed by atoms with Gasteiger partial charge in [0.1, 0.15) is 5.75 Å². The van der Waals surface area contributed by atoms with E-state index in [-0.39, 0.29) is 11.4 Å². The van der Waals surface area contributed by atoms with Crippen LogP contribution in [0.5, 0.6) is 5.75 Å². The summed E-state index contributed by atoms with van der Waals surface area (Å²) in [4.78, 5) is 0. The van der Waals surface area contributed by atoms with Crippen molar-refractivity contribution in [3.63, 3.8) is 0 Å². The van der Waals surface area contributed by atoms with Crippen molar-refractivity contribution in [2.75, 3.05) is 4.72 Å². The molecule has 0 atom stereocenters. The molecule has 0 radical (unpaired) electrons. The fraction of sp³-hybridized carbons (Fsp3) is 0.400. The lowest BCUT2D eigenvalue weighted by atomic mass is 10.2. The summed E-state index contributed by atoms with van der Waals surface area (Å²) in [7, 11) is -3.48. The van der Waals surface area contributed by atoms with Gasteiger partial charge in [-0.1, -0.05) is 11.6 Å². The number of anilines is 1. The van der Waals surface area contributed by atoms with E-state index in [1.807, 2.05) is 0 Å². The van der Waals surface area contributed by atoms with Gasteiger partial charge in [0, 0.05) is 5.02 Å². The molecule has 0 amide bonds. The highest BCUT2D eigenvalue weighted by molar-refractivity contribution is 7.93. The molecule has 2 N–H and O–H groups in total. The Balaban J connectivity index is 3.17. The molecule has 6 heteroatoms. The molecule has 0 heterocycles. The second kappa shape index (κ2) is 4.51. The minimum absolute atomic E-state index is 0.103. The summed E-state index contributed by atoms with van der Waals surface area (Å²) in [5, 5.41) is 9.48. The predicted octanol–water partition coefficient (Wildman–Crippen LogP) is 2.50. The van der Waals surface area contributed by atoms with Crippen LogP contribution in [-0.4, -0.2) is 18.8 Å². The largest absolute Gasteiger partial charge is 0.505 e. The summed E-state index contributed by atoms with van der Waals surface area (Å²) in [5.74, 6) is -0.103. The number of hydrogen-bond acceptors (Lipinski definition) is 3. The third-order valence-electron chi connectivity index (χ3n) is 2.14. The topological polar surface area (TPSA) is 66.4 Å². The lowest BCUT2D eigenvalue weighted by Crippen LogP contribution is -2.22. The second-order valence-electron chi connectivity index (χ2n) is 3.81. The highest BCUT2D eigenvalue weighted by Crippen LogP contribution is 2.31. The Morgan fingerprint density at radius 1 is 1.38 bits per heavy atom. The zero-order chi connectivity index (χ0) is 12.5. The first kappa shape index (κ1) is 13.1. The highest BCUT2D eigenvalue weighted by atomic mass is 35.5. The summed E-state index contributed by atoms with van der Waals surface area (Å²) in [5.41, 5.74) is 0.632. The van der Waals surface area contributed by atoms with Crippen LogP contribution in [-0.2, 0) is 10.0 Å². The lowest BCUT2D eigenvalue weighted by Gasteiger charge is -2.13. The number of benzene rings is 1. The molecule has 0 spiro atoms. The van der Waals surface area contributed by atoms with Crippen molar-refractivity contribution in [3.8, 4) is 5.75 Å². The molecule has 1 rings (SSSR count). The third-order valence-corrected chi connectivity index (χ3v) is 4.10. The first-order valence-corrected chi connectivity index (χ1v) is 6.67. The summed E-state index contributed by atoms with van der Waals surface area (Å²) in [6, 6.07) is 2.94. The second-order valence-corrected chi connectivity index (χ2v) is 6.49. The average molecular weight is 264 g/mol. The summed E-state index contributed by atoms with van der Waals surface area (Å²) in [6.45, 7) is 4.75. The van der Waals surface area contributed by atoms with Crippen LogP contribution < -0.4 is 4.72 Å².